The number of hydrogen-bond donors (Lipinski definition) is 0. The second kappa shape index (κ2) is 8.23. The Hall–Kier alpha value is -2.89. The number of fused-ring (bicyclic) bond motifs is 1. The van der Waals surface area contributed by atoms with Crippen LogP contribution < -0.4 is 0 Å². The van der Waals surface area contributed by atoms with Crippen molar-refractivity contribution in [3.05, 3.63) is 53.4 Å². The summed E-state index contributed by atoms with van der Waals surface area (Å²) in [4.78, 5) is 25.9. The molecule has 0 bridgehead atoms. The van der Waals surface area contributed by atoms with Gasteiger partial charge in [0.1, 0.15) is 11.4 Å². The lowest BCUT2D eigenvalue weighted by Crippen LogP contribution is -2.39. The molecule has 0 aliphatic carbocycles. The standard InChI is InChI=1S/C23H26FNO4/c1-23(2,3)29-22(27)25-11-9-16(10-12-25)21-17(13-20(26)28-4)6-5-15-7-8-18(24)14-19(15)21/h5-9,14H,10-13H2,1-4H3. The van der Waals surface area contributed by atoms with Crippen LogP contribution in [0.4, 0.5) is 9.18 Å². The fraction of sp³-hybridized carbons (Fsp3) is 0.391. The van der Waals surface area contributed by atoms with Crippen LogP contribution in [0, 0.1) is 5.82 Å². The Kier molecular flexibility index (Phi) is 5.91. The van der Waals surface area contributed by atoms with Gasteiger partial charge in [0.25, 0.3) is 0 Å². The molecular formula is C23H26FNO4. The molecule has 0 unspecified atom stereocenters. The van der Waals surface area contributed by atoms with E-state index in [1.54, 1.807) is 11.0 Å². The molecular weight excluding hydrogens is 373 g/mol. The lowest BCUT2D eigenvalue weighted by Gasteiger charge is -2.30. The predicted molar refractivity (Wildman–Crippen MR) is 110 cm³/mol. The highest BCUT2D eigenvalue weighted by Gasteiger charge is 2.25. The van der Waals surface area contributed by atoms with E-state index in [2.05, 4.69) is 0 Å². The average molecular weight is 399 g/mol. The molecule has 0 radical (unpaired) electrons. The first-order valence-electron chi connectivity index (χ1n) is 9.63. The van der Waals surface area contributed by atoms with Crippen LogP contribution in [0.15, 0.2) is 36.4 Å². The van der Waals surface area contributed by atoms with E-state index in [1.165, 1.54) is 19.2 Å². The SMILES string of the molecule is COC(=O)Cc1ccc2ccc(F)cc2c1C1=CCN(C(=O)OC(C)(C)C)CC1. The molecule has 0 spiro atoms. The maximum atomic E-state index is 14.0. The molecule has 2 aromatic carbocycles. The third-order valence-corrected chi connectivity index (χ3v) is 4.81. The second-order valence-electron chi connectivity index (χ2n) is 8.12. The molecule has 0 saturated carbocycles. The minimum atomic E-state index is -0.554. The van der Waals surface area contributed by atoms with Crippen molar-refractivity contribution in [1.82, 2.24) is 4.90 Å². The van der Waals surface area contributed by atoms with Gasteiger partial charge in [0, 0.05) is 13.1 Å². The first kappa shape index (κ1) is 20.8. The lowest BCUT2D eigenvalue weighted by atomic mass is 9.89. The Morgan fingerprint density at radius 1 is 1.17 bits per heavy atom. The van der Waals surface area contributed by atoms with Crippen LogP contribution in [-0.2, 0) is 20.7 Å². The van der Waals surface area contributed by atoms with Gasteiger partial charge in [0.15, 0.2) is 0 Å². The number of rotatable bonds is 3. The molecule has 6 heteroatoms. The van der Waals surface area contributed by atoms with Crippen molar-refractivity contribution in [2.24, 2.45) is 0 Å². The highest BCUT2D eigenvalue weighted by Crippen LogP contribution is 2.33. The van der Waals surface area contributed by atoms with E-state index in [-0.39, 0.29) is 24.3 Å². The lowest BCUT2D eigenvalue weighted by molar-refractivity contribution is -0.139. The minimum Gasteiger partial charge on any atom is -0.469 e. The number of halogens is 1. The number of amides is 1. The summed E-state index contributed by atoms with van der Waals surface area (Å²) >= 11 is 0. The second-order valence-corrected chi connectivity index (χ2v) is 8.12. The Balaban J connectivity index is 1.97. The summed E-state index contributed by atoms with van der Waals surface area (Å²) in [6.07, 6.45) is 2.29. The summed E-state index contributed by atoms with van der Waals surface area (Å²) in [5.74, 6) is -0.686. The highest BCUT2D eigenvalue weighted by molar-refractivity contribution is 5.97. The Morgan fingerprint density at radius 2 is 1.90 bits per heavy atom. The topological polar surface area (TPSA) is 55.8 Å². The number of carbonyl (C=O) groups is 2. The molecule has 0 saturated heterocycles. The fourth-order valence-corrected chi connectivity index (χ4v) is 3.48. The number of esters is 1. The normalized spacial score (nSPS) is 14.5. The van der Waals surface area contributed by atoms with Gasteiger partial charge >= 0.3 is 12.1 Å². The molecule has 2 aromatic rings. The van der Waals surface area contributed by atoms with Crippen LogP contribution in [-0.4, -0.2) is 42.8 Å². The molecule has 5 nitrogen and oxygen atoms in total. The van der Waals surface area contributed by atoms with Crippen LogP contribution in [0.5, 0.6) is 0 Å². The number of hydrogen-bond acceptors (Lipinski definition) is 4. The molecule has 0 aromatic heterocycles. The largest absolute Gasteiger partial charge is 0.469 e. The molecule has 3 rings (SSSR count). The Labute approximate surface area is 170 Å². The molecule has 0 N–H and O–H groups in total. The van der Waals surface area contributed by atoms with Crippen molar-refractivity contribution in [1.29, 1.82) is 0 Å². The molecule has 0 atom stereocenters. The van der Waals surface area contributed by atoms with Crippen molar-refractivity contribution in [2.75, 3.05) is 20.2 Å². The number of ether oxygens (including phenoxy) is 2. The van der Waals surface area contributed by atoms with Crippen LogP contribution in [0.2, 0.25) is 0 Å². The van der Waals surface area contributed by atoms with Crippen molar-refractivity contribution in [2.45, 2.75) is 39.2 Å². The number of methoxy groups -OCH3 is 1. The maximum absolute atomic E-state index is 14.0. The Morgan fingerprint density at radius 3 is 2.52 bits per heavy atom. The van der Waals surface area contributed by atoms with E-state index >= 15 is 0 Å². The van der Waals surface area contributed by atoms with Gasteiger partial charge in [-0.2, -0.15) is 0 Å². The maximum Gasteiger partial charge on any atom is 0.410 e. The van der Waals surface area contributed by atoms with Crippen LogP contribution >= 0.6 is 0 Å². The van der Waals surface area contributed by atoms with Crippen molar-refractivity contribution in [3.63, 3.8) is 0 Å². The van der Waals surface area contributed by atoms with Gasteiger partial charge in [0.05, 0.1) is 13.5 Å². The predicted octanol–water partition coefficient (Wildman–Crippen LogP) is 4.72. The third-order valence-electron chi connectivity index (χ3n) is 4.81. The molecule has 1 heterocycles. The monoisotopic (exact) mass is 399 g/mol. The molecule has 29 heavy (non-hydrogen) atoms. The van der Waals surface area contributed by atoms with Gasteiger partial charge < -0.3 is 14.4 Å². The molecule has 1 amide bonds. The van der Waals surface area contributed by atoms with Crippen molar-refractivity contribution < 1.29 is 23.5 Å². The fourth-order valence-electron chi connectivity index (χ4n) is 3.48. The average Bonchev–Trinajstić information content (AvgIpc) is 2.66. The molecule has 0 fully saturated rings. The zero-order valence-electron chi connectivity index (χ0n) is 17.3. The summed E-state index contributed by atoms with van der Waals surface area (Å²) in [5, 5.41) is 1.65. The molecule has 154 valence electrons. The summed E-state index contributed by atoms with van der Waals surface area (Å²) in [7, 11) is 1.35. The van der Waals surface area contributed by atoms with Crippen LogP contribution in [0.3, 0.4) is 0 Å². The number of nitrogens with zero attached hydrogens (tertiary/aromatic N) is 1. The number of benzene rings is 2. The summed E-state index contributed by atoms with van der Waals surface area (Å²) in [6.45, 7) is 6.39. The zero-order valence-corrected chi connectivity index (χ0v) is 17.3. The minimum absolute atomic E-state index is 0.103. The van der Waals surface area contributed by atoms with Gasteiger partial charge in [-0.1, -0.05) is 24.3 Å². The summed E-state index contributed by atoms with van der Waals surface area (Å²) < 4.78 is 24.3. The van der Waals surface area contributed by atoms with Gasteiger partial charge in [-0.3, -0.25) is 4.79 Å². The van der Waals surface area contributed by atoms with E-state index in [4.69, 9.17) is 9.47 Å². The van der Waals surface area contributed by atoms with E-state index in [0.29, 0.717) is 19.5 Å². The van der Waals surface area contributed by atoms with E-state index in [9.17, 15) is 14.0 Å². The highest BCUT2D eigenvalue weighted by atomic mass is 19.1. The number of carbonyl (C=O) groups excluding carboxylic acids is 2. The summed E-state index contributed by atoms with van der Waals surface area (Å²) in [6, 6.07) is 8.41. The Bertz CT molecular complexity index is 975. The summed E-state index contributed by atoms with van der Waals surface area (Å²) in [5.41, 5.74) is 2.06. The van der Waals surface area contributed by atoms with Gasteiger partial charge in [-0.25, -0.2) is 9.18 Å². The van der Waals surface area contributed by atoms with Crippen molar-refractivity contribution in [3.8, 4) is 0 Å². The zero-order chi connectivity index (χ0) is 21.2. The van der Waals surface area contributed by atoms with E-state index < -0.39 is 5.60 Å². The van der Waals surface area contributed by atoms with Gasteiger partial charge in [-0.05, 0) is 66.8 Å². The van der Waals surface area contributed by atoms with Crippen LogP contribution in [0.25, 0.3) is 16.3 Å². The first-order valence-corrected chi connectivity index (χ1v) is 9.63. The molecule has 1 aliphatic heterocycles. The van der Waals surface area contributed by atoms with Crippen LogP contribution in [0.1, 0.15) is 38.3 Å². The quantitative estimate of drug-likeness (QED) is 0.701. The van der Waals surface area contributed by atoms with Crippen molar-refractivity contribution >= 4 is 28.4 Å². The third kappa shape index (κ3) is 4.94. The van der Waals surface area contributed by atoms with E-state index in [1.807, 2.05) is 39.0 Å². The van der Waals surface area contributed by atoms with Gasteiger partial charge in [0.2, 0.25) is 0 Å². The first-order chi connectivity index (χ1) is 13.7. The smallest absolute Gasteiger partial charge is 0.410 e. The van der Waals surface area contributed by atoms with Gasteiger partial charge in [-0.15, -0.1) is 0 Å². The van der Waals surface area contributed by atoms with E-state index in [0.717, 1.165) is 27.5 Å². The molecule has 1 aliphatic rings.